The highest BCUT2D eigenvalue weighted by atomic mass is 35.5. The van der Waals surface area contributed by atoms with Gasteiger partial charge in [-0.2, -0.15) is 0 Å². The van der Waals surface area contributed by atoms with Crippen molar-refractivity contribution in [3.63, 3.8) is 0 Å². The number of ether oxygens (including phenoxy) is 1. The number of aryl methyl sites for hydroxylation is 1. The highest BCUT2D eigenvalue weighted by Crippen LogP contribution is 2.13. The zero-order valence-corrected chi connectivity index (χ0v) is 16.0. The van der Waals surface area contributed by atoms with Crippen LogP contribution < -0.4 is 5.73 Å². The first-order valence-corrected chi connectivity index (χ1v) is 8.21. The number of nitrogens with two attached hydrogens (primary N) is 1. The summed E-state index contributed by atoms with van der Waals surface area (Å²) in [4.78, 5) is 20.8. The lowest BCUT2D eigenvalue weighted by Crippen LogP contribution is -2.53. The summed E-state index contributed by atoms with van der Waals surface area (Å²) >= 11 is 1.72. The lowest BCUT2D eigenvalue weighted by molar-refractivity contribution is -0.135. The summed E-state index contributed by atoms with van der Waals surface area (Å²) in [6, 6.07) is -0.549. The van der Waals surface area contributed by atoms with Crippen LogP contribution in [0.25, 0.3) is 0 Å². The minimum Gasteiger partial charge on any atom is -0.383 e. The highest BCUT2D eigenvalue weighted by molar-refractivity contribution is 7.09. The third-order valence-electron chi connectivity index (χ3n) is 3.63. The fourth-order valence-corrected chi connectivity index (χ4v) is 3.16. The number of halogens is 2. The first-order valence-electron chi connectivity index (χ1n) is 7.33. The molecule has 1 aromatic rings. The van der Waals surface area contributed by atoms with Crippen LogP contribution in [0.1, 0.15) is 17.6 Å². The van der Waals surface area contributed by atoms with Gasteiger partial charge >= 0.3 is 0 Å². The van der Waals surface area contributed by atoms with Crippen LogP contribution >= 0.6 is 36.2 Å². The van der Waals surface area contributed by atoms with Gasteiger partial charge in [0.05, 0.1) is 17.3 Å². The molecule has 134 valence electrons. The third-order valence-corrected chi connectivity index (χ3v) is 4.68. The summed E-state index contributed by atoms with van der Waals surface area (Å²) in [6.45, 7) is 6.44. The molecule has 0 spiro atoms. The van der Waals surface area contributed by atoms with E-state index in [1.54, 1.807) is 18.4 Å². The van der Waals surface area contributed by atoms with E-state index in [1.807, 2.05) is 4.90 Å². The molecule has 1 unspecified atom stereocenters. The summed E-state index contributed by atoms with van der Waals surface area (Å²) < 4.78 is 4.94. The smallest absolute Gasteiger partial charge is 0.241 e. The number of carbonyl (C=O) groups is 1. The van der Waals surface area contributed by atoms with Crippen molar-refractivity contribution in [1.82, 2.24) is 14.8 Å². The predicted octanol–water partition coefficient (Wildman–Crippen LogP) is 1.17. The Hall–Kier alpha value is -0.440. The number of hydrogen-bond donors (Lipinski definition) is 1. The molecule has 1 fully saturated rings. The summed E-state index contributed by atoms with van der Waals surface area (Å²) in [5.41, 5.74) is 6.93. The van der Waals surface area contributed by atoms with Gasteiger partial charge in [-0.25, -0.2) is 4.98 Å². The van der Waals surface area contributed by atoms with Crippen molar-refractivity contribution < 1.29 is 9.53 Å². The van der Waals surface area contributed by atoms with Gasteiger partial charge < -0.3 is 15.4 Å². The fourth-order valence-electron chi connectivity index (χ4n) is 2.42. The number of nitrogens with zero attached hydrogens (tertiary/aromatic N) is 3. The van der Waals surface area contributed by atoms with Crippen molar-refractivity contribution in [2.45, 2.75) is 25.9 Å². The third kappa shape index (κ3) is 6.52. The summed E-state index contributed by atoms with van der Waals surface area (Å²) in [5.74, 6) is -0.0153. The second kappa shape index (κ2) is 11.2. The standard InChI is InChI=1S/C14H24N4O2S.2ClH/c1-3-13-16-11(10-21-13)8-17-4-6-18(7-5-17)14(19)12(15)9-20-2;;/h10,12H,3-9,15H2,1-2H3;2*1H. The molecule has 1 aliphatic heterocycles. The molecule has 0 aliphatic carbocycles. The van der Waals surface area contributed by atoms with Gasteiger partial charge in [0.15, 0.2) is 0 Å². The van der Waals surface area contributed by atoms with Gasteiger partial charge in [0.1, 0.15) is 6.04 Å². The molecule has 0 aromatic carbocycles. The van der Waals surface area contributed by atoms with Crippen molar-refractivity contribution in [3.05, 3.63) is 16.1 Å². The van der Waals surface area contributed by atoms with Crippen molar-refractivity contribution in [2.75, 3.05) is 39.9 Å². The highest BCUT2D eigenvalue weighted by Gasteiger charge is 2.25. The maximum absolute atomic E-state index is 12.1. The molecular weight excluding hydrogens is 359 g/mol. The van der Waals surface area contributed by atoms with E-state index in [0.29, 0.717) is 0 Å². The Morgan fingerprint density at radius 2 is 2.04 bits per heavy atom. The van der Waals surface area contributed by atoms with Crippen LogP contribution in [0, 0.1) is 0 Å². The molecule has 6 nitrogen and oxygen atoms in total. The largest absolute Gasteiger partial charge is 0.383 e. The van der Waals surface area contributed by atoms with E-state index < -0.39 is 6.04 Å². The maximum atomic E-state index is 12.1. The van der Waals surface area contributed by atoms with E-state index in [2.05, 4.69) is 22.2 Å². The van der Waals surface area contributed by atoms with Gasteiger partial charge in [0.2, 0.25) is 5.91 Å². The maximum Gasteiger partial charge on any atom is 0.241 e. The molecule has 23 heavy (non-hydrogen) atoms. The quantitative estimate of drug-likeness (QED) is 0.796. The first kappa shape index (κ1) is 22.6. The fraction of sp³-hybridized carbons (Fsp3) is 0.714. The molecule has 1 saturated heterocycles. The molecule has 1 atom stereocenters. The van der Waals surface area contributed by atoms with Crippen LogP contribution in [0.2, 0.25) is 0 Å². The monoisotopic (exact) mass is 384 g/mol. The summed E-state index contributed by atoms with van der Waals surface area (Å²) in [7, 11) is 1.56. The van der Waals surface area contributed by atoms with E-state index in [4.69, 9.17) is 10.5 Å². The van der Waals surface area contributed by atoms with E-state index in [9.17, 15) is 4.79 Å². The van der Waals surface area contributed by atoms with Crippen molar-refractivity contribution in [3.8, 4) is 0 Å². The lowest BCUT2D eigenvalue weighted by Gasteiger charge is -2.35. The molecule has 0 bridgehead atoms. The van der Waals surface area contributed by atoms with Crippen molar-refractivity contribution in [2.24, 2.45) is 5.73 Å². The average molecular weight is 385 g/mol. The number of rotatable bonds is 6. The van der Waals surface area contributed by atoms with Crippen LogP contribution in [-0.4, -0.2) is 66.6 Å². The Balaban J connectivity index is 0.00000242. The van der Waals surface area contributed by atoms with Crippen molar-refractivity contribution >= 4 is 42.1 Å². The van der Waals surface area contributed by atoms with Gasteiger partial charge in [0, 0.05) is 45.2 Å². The zero-order chi connectivity index (χ0) is 15.2. The van der Waals surface area contributed by atoms with Crippen molar-refractivity contribution in [1.29, 1.82) is 0 Å². The van der Waals surface area contributed by atoms with E-state index in [1.165, 1.54) is 5.01 Å². The number of thiazole rings is 1. The zero-order valence-electron chi connectivity index (χ0n) is 13.6. The molecule has 2 N–H and O–H groups in total. The minimum absolute atomic E-state index is 0. The molecule has 9 heteroatoms. The molecule has 2 heterocycles. The van der Waals surface area contributed by atoms with Gasteiger partial charge in [-0.1, -0.05) is 6.92 Å². The number of aromatic nitrogens is 1. The molecule has 0 radical (unpaired) electrons. The number of amides is 1. The van der Waals surface area contributed by atoms with Crippen LogP contribution in [0.4, 0.5) is 0 Å². The number of methoxy groups -OCH3 is 1. The van der Waals surface area contributed by atoms with Crippen LogP contribution in [0.5, 0.6) is 0 Å². The summed E-state index contributed by atoms with van der Waals surface area (Å²) in [6.07, 6.45) is 0.990. The number of carbonyl (C=O) groups excluding carboxylic acids is 1. The predicted molar refractivity (Wildman–Crippen MR) is 97.7 cm³/mol. The Labute approximate surface area is 154 Å². The Bertz CT molecular complexity index is 467. The molecule has 1 aromatic heterocycles. The first-order chi connectivity index (χ1) is 10.1. The molecular formula is C14H26Cl2N4O2S. The molecule has 1 aliphatic rings. The number of piperazine rings is 1. The SMILES string of the molecule is CCc1nc(CN2CCN(C(=O)C(N)COC)CC2)cs1.Cl.Cl. The number of hydrogen-bond acceptors (Lipinski definition) is 6. The minimum atomic E-state index is -0.549. The Morgan fingerprint density at radius 1 is 1.39 bits per heavy atom. The van der Waals surface area contributed by atoms with Gasteiger partial charge in [0.25, 0.3) is 0 Å². The van der Waals surface area contributed by atoms with Crippen LogP contribution in [0.15, 0.2) is 5.38 Å². The topological polar surface area (TPSA) is 71.7 Å². The van der Waals surface area contributed by atoms with Gasteiger partial charge in [-0.05, 0) is 6.42 Å². The van der Waals surface area contributed by atoms with E-state index >= 15 is 0 Å². The van der Waals surface area contributed by atoms with Crippen LogP contribution in [0.3, 0.4) is 0 Å². The molecule has 1 amide bonds. The van der Waals surface area contributed by atoms with E-state index in [-0.39, 0.29) is 37.3 Å². The van der Waals surface area contributed by atoms with Crippen LogP contribution in [-0.2, 0) is 22.5 Å². The van der Waals surface area contributed by atoms with Gasteiger partial charge in [-0.15, -0.1) is 36.2 Å². The Kier molecular flexibility index (Phi) is 11.0. The second-order valence-electron chi connectivity index (χ2n) is 5.25. The summed E-state index contributed by atoms with van der Waals surface area (Å²) in [5, 5.41) is 3.31. The lowest BCUT2D eigenvalue weighted by atomic mass is 10.2. The van der Waals surface area contributed by atoms with E-state index in [0.717, 1.165) is 44.8 Å². The Morgan fingerprint density at radius 3 is 2.57 bits per heavy atom. The van der Waals surface area contributed by atoms with Gasteiger partial charge in [-0.3, -0.25) is 9.69 Å². The molecule has 2 rings (SSSR count). The molecule has 0 saturated carbocycles. The average Bonchev–Trinajstić information content (AvgIpc) is 2.95. The normalized spacial score (nSPS) is 16.4. The second-order valence-corrected chi connectivity index (χ2v) is 6.19.